The maximum atomic E-state index is 13.4. The van der Waals surface area contributed by atoms with Crippen molar-refractivity contribution in [2.75, 3.05) is 11.1 Å². The molecule has 0 atom stereocenters. The van der Waals surface area contributed by atoms with E-state index in [2.05, 4.69) is 17.2 Å². The fraction of sp³-hybridized carbons (Fsp3) is 0.250. The molecule has 0 fully saturated rings. The van der Waals surface area contributed by atoms with Crippen LogP contribution in [-0.2, 0) is 13.0 Å². The molecular formula is C12H13F2N3S. The molecule has 18 heavy (non-hydrogen) atoms. The molecule has 2 aromatic heterocycles. The summed E-state index contributed by atoms with van der Waals surface area (Å²) in [6, 6.07) is 4.74. The fourth-order valence-corrected chi connectivity index (χ4v) is 2.38. The Bertz CT molecular complexity index is 554. The third-order valence-corrected chi connectivity index (χ3v) is 3.68. The van der Waals surface area contributed by atoms with E-state index in [4.69, 9.17) is 5.73 Å². The molecule has 2 heterocycles. The van der Waals surface area contributed by atoms with Gasteiger partial charge < -0.3 is 11.1 Å². The Labute approximate surface area is 108 Å². The van der Waals surface area contributed by atoms with Crippen LogP contribution in [0.15, 0.2) is 18.2 Å². The molecule has 0 aromatic carbocycles. The molecule has 0 bridgehead atoms. The third-order valence-electron chi connectivity index (χ3n) is 2.45. The summed E-state index contributed by atoms with van der Waals surface area (Å²) >= 11 is 1.65. The van der Waals surface area contributed by atoms with Gasteiger partial charge in [-0.1, -0.05) is 6.92 Å². The maximum absolute atomic E-state index is 13.4. The number of nitrogens with two attached hydrogens (primary N) is 1. The lowest BCUT2D eigenvalue weighted by atomic mass is 10.3. The first-order valence-electron chi connectivity index (χ1n) is 5.53. The van der Waals surface area contributed by atoms with Crippen molar-refractivity contribution >= 4 is 23.0 Å². The first kappa shape index (κ1) is 12.8. The van der Waals surface area contributed by atoms with E-state index in [0.717, 1.165) is 17.4 Å². The molecule has 6 heteroatoms. The van der Waals surface area contributed by atoms with Gasteiger partial charge in [0.05, 0.1) is 6.54 Å². The number of aryl methyl sites for hydroxylation is 1. The summed E-state index contributed by atoms with van der Waals surface area (Å²) < 4.78 is 26.3. The molecule has 3 nitrogen and oxygen atoms in total. The molecule has 0 aliphatic rings. The normalized spacial score (nSPS) is 10.6. The predicted molar refractivity (Wildman–Crippen MR) is 69.6 cm³/mol. The predicted octanol–water partition coefficient (Wildman–Crippen LogP) is 3.18. The summed E-state index contributed by atoms with van der Waals surface area (Å²) in [7, 11) is 0. The van der Waals surface area contributed by atoms with Gasteiger partial charge in [-0.05, 0) is 18.6 Å². The van der Waals surface area contributed by atoms with Gasteiger partial charge in [-0.2, -0.15) is 0 Å². The first-order valence-corrected chi connectivity index (χ1v) is 6.34. The van der Waals surface area contributed by atoms with Crippen molar-refractivity contribution in [3.05, 3.63) is 39.6 Å². The molecule has 0 radical (unpaired) electrons. The van der Waals surface area contributed by atoms with Crippen molar-refractivity contribution < 1.29 is 8.78 Å². The van der Waals surface area contributed by atoms with Gasteiger partial charge in [0.2, 0.25) is 0 Å². The lowest BCUT2D eigenvalue weighted by molar-refractivity contribution is 0.579. The minimum absolute atomic E-state index is 0.0275. The lowest BCUT2D eigenvalue weighted by Gasteiger charge is -2.06. The highest BCUT2D eigenvalue weighted by Crippen LogP contribution is 2.20. The molecule has 0 aliphatic carbocycles. The molecule has 0 saturated heterocycles. The number of aromatic nitrogens is 1. The molecule has 0 spiro atoms. The number of nitrogen functional groups attached to an aromatic ring is 1. The van der Waals surface area contributed by atoms with E-state index in [9.17, 15) is 8.78 Å². The van der Waals surface area contributed by atoms with Crippen LogP contribution in [0.1, 0.15) is 16.7 Å². The summed E-state index contributed by atoms with van der Waals surface area (Å²) in [6.45, 7) is 2.52. The highest BCUT2D eigenvalue weighted by atomic mass is 32.1. The Balaban J connectivity index is 2.08. The number of thiophene rings is 1. The number of hydrogen-bond acceptors (Lipinski definition) is 4. The van der Waals surface area contributed by atoms with Crippen molar-refractivity contribution in [2.45, 2.75) is 19.9 Å². The zero-order valence-electron chi connectivity index (χ0n) is 9.84. The summed E-state index contributed by atoms with van der Waals surface area (Å²) in [4.78, 5) is 5.96. The van der Waals surface area contributed by atoms with Crippen LogP contribution in [0.4, 0.5) is 20.4 Å². The number of halogens is 2. The van der Waals surface area contributed by atoms with Crippen molar-refractivity contribution in [2.24, 2.45) is 0 Å². The number of nitrogens with one attached hydrogen (secondary N) is 1. The number of pyridine rings is 1. The van der Waals surface area contributed by atoms with Gasteiger partial charge in [0.1, 0.15) is 0 Å². The van der Waals surface area contributed by atoms with Gasteiger partial charge >= 0.3 is 0 Å². The van der Waals surface area contributed by atoms with Crippen LogP contribution < -0.4 is 11.1 Å². The average molecular weight is 269 g/mol. The molecule has 0 unspecified atom stereocenters. The molecule has 2 aromatic rings. The largest absolute Gasteiger partial charge is 0.381 e. The van der Waals surface area contributed by atoms with Crippen molar-refractivity contribution in [1.29, 1.82) is 0 Å². The highest BCUT2D eigenvalue weighted by Gasteiger charge is 2.09. The van der Waals surface area contributed by atoms with Crippen LogP contribution in [0.3, 0.4) is 0 Å². The van der Waals surface area contributed by atoms with Gasteiger partial charge in [-0.15, -0.1) is 11.3 Å². The second kappa shape index (κ2) is 5.30. The van der Waals surface area contributed by atoms with Crippen LogP contribution in [0.25, 0.3) is 0 Å². The Morgan fingerprint density at radius 3 is 2.67 bits per heavy atom. The number of anilines is 2. The van der Waals surface area contributed by atoms with E-state index in [1.807, 2.05) is 12.1 Å². The van der Waals surface area contributed by atoms with Gasteiger partial charge in [0.15, 0.2) is 23.3 Å². The standard InChI is InChI=1S/C12H13F2N3S/c1-2-7-3-4-8(18-7)6-16-12-10(14)5-9(13)11(15)17-12/h3-5H,2,6H2,1H3,(H3,15,16,17). The molecule has 0 amide bonds. The maximum Gasteiger partial charge on any atom is 0.168 e. The van der Waals surface area contributed by atoms with Gasteiger partial charge in [-0.3, -0.25) is 0 Å². The summed E-state index contributed by atoms with van der Waals surface area (Å²) in [5.74, 6) is -1.92. The topological polar surface area (TPSA) is 50.9 Å². The van der Waals surface area contributed by atoms with Gasteiger partial charge in [0.25, 0.3) is 0 Å². The van der Waals surface area contributed by atoms with Crippen molar-refractivity contribution in [1.82, 2.24) is 4.98 Å². The molecule has 0 aliphatic heterocycles. The smallest absolute Gasteiger partial charge is 0.168 e. The SMILES string of the molecule is CCc1ccc(CNc2nc(N)c(F)cc2F)s1. The van der Waals surface area contributed by atoms with E-state index >= 15 is 0 Å². The van der Waals surface area contributed by atoms with Crippen LogP contribution in [-0.4, -0.2) is 4.98 Å². The van der Waals surface area contributed by atoms with E-state index in [1.54, 1.807) is 11.3 Å². The monoisotopic (exact) mass is 269 g/mol. The molecule has 2 rings (SSSR count). The quantitative estimate of drug-likeness (QED) is 0.896. The summed E-state index contributed by atoms with van der Waals surface area (Å²) in [6.07, 6.45) is 0.973. The second-order valence-electron chi connectivity index (χ2n) is 3.76. The van der Waals surface area contributed by atoms with E-state index in [1.165, 1.54) is 4.88 Å². The van der Waals surface area contributed by atoms with Crippen LogP contribution >= 0.6 is 11.3 Å². The first-order chi connectivity index (χ1) is 8.60. The second-order valence-corrected chi connectivity index (χ2v) is 5.01. The van der Waals surface area contributed by atoms with Crippen LogP contribution in [0, 0.1) is 11.6 Å². The minimum atomic E-state index is -0.845. The van der Waals surface area contributed by atoms with E-state index in [-0.39, 0.29) is 11.6 Å². The zero-order chi connectivity index (χ0) is 13.1. The summed E-state index contributed by atoms with van der Waals surface area (Å²) in [5.41, 5.74) is 5.29. The highest BCUT2D eigenvalue weighted by molar-refractivity contribution is 7.12. The zero-order valence-corrected chi connectivity index (χ0v) is 10.7. The third kappa shape index (κ3) is 2.76. The molecule has 0 saturated carbocycles. The van der Waals surface area contributed by atoms with E-state index < -0.39 is 11.6 Å². The average Bonchev–Trinajstić information content (AvgIpc) is 2.80. The Morgan fingerprint density at radius 2 is 2.00 bits per heavy atom. The lowest BCUT2D eigenvalue weighted by Crippen LogP contribution is -2.06. The van der Waals surface area contributed by atoms with Crippen LogP contribution in [0.5, 0.6) is 0 Å². The Hall–Kier alpha value is -1.69. The van der Waals surface area contributed by atoms with Crippen molar-refractivity contribution in [3.63, 3.8) is 0 Å². The fourth-order valence-electron chi connectivity index (χ4n) is 1.48. The minimum Gasteiger partial charge on any atom is -0.381 e. The van der Waals surface area contributed by atoms with Crippen molar-refractivity contribution in [3.8, 4) is 0 Å². The number of rotatable bonds is 4. The summed E-state index contributed by atoms with van der Waals surface area (Å²) in [5, 5.41) is 2.81. The van der Waals surface area contributed by atoms with Crippen LogP contribution in [0.2, 0.25) is 0 Å². The van der Waals surface area contributed by atoms with Gasteiger partial charge in [0, 0.05) is 15.8 Å². The molecule has 96 valence electrons. The molecule has 3 N–H and O–H groups in total. The number of hydrogen-bond donors (Lipinski definition) is 2. The molecular weight excluding hydrogens is 256 g/mol. The number of nitrogens with zero attached hydrogens (tertiary/aromatic N) is 1. The Kier molecular flexibility index (Phi) is 3.76. The van der Waals surface area contributed by atoms with E-state index in [0.29, 0.717) is 6.54 Å². The Morgan fingerprint density at radius 1 is 1.28 bits per heavy atom. The van der Waals surface area contributed by atoms with Gasteiger partial charge in [-0.25, -0.2) is 13.8 Å².